The van der Waals surface area contributed by atoms with E-state index in [-0.39, 0.29) is 0 Å². The van der Waals surface area contributed by atoms with Crippen LogP contribution in [0.5, 0.6) is 11.5 Å². The Morgan fingerprint density at radius 3 is 2.74 bits per heavy atom. The maximum atomic E-state index is 6.02. The number of halogens is 1. The van der Waals surface area contributed by atoms with Gasteiger partial charge in [-0.15, -0.1) is 0 Å². The lowest BCUT2D eigenvalue weighted by atomic mass is 10.2. The highest BCUT2D eigenvalue weighted by molar-refractivity contribution is 6.30. The third-order valence-corrected chi connectivity index (χ3v) is 3.84. The molecule has 0 spiro atoms. The molecular weight excluding hydrogens is 362 g/mol. The number of anilines is 1. The first kappa shape index (κ1) is 18.7. The minimum absolute atomic E-state index is 0.412. The second-order valence-corrected chi connectivity index (χ2v) is 6.08. The molecule has 0 aliphatic heterocycles. The molecule has 0 aliphatic carbocycles. The van der Waals surface area contributed by atoms with Crippen LogP contribution in [0.15, 0.2) is 72.0 Å². The van der Waals surface area contributed by atoms with Gasteiger partial charge in [-0.05, 0) is 60.5 Å². The van der Waals surface area contributed by atoms with E-state index in [2.05, 4.69) is 15.5 Å². The van der Waals surface area contributed by atoms with Gasteiger partial charge in [0.15, 0.2) is 11.5 Å². The van der Waals surface area contributed by atoms with Crippen molar-refractivity contribution in [2.75, 3.05) is 12.0 Å². The van der Waals surface area contributed by atoms with E-state index in [1.165, 1.54) is 0 Å². The second kappa shape index (κ2) is 9.59. The van der Waals surface area contributed by atoms with Crippen molar-refractivity contribution in [1.29, 1.82) is 0 Å². The lowest BCUT2D eigenvalue weighted by molar-refractivity contribution is 0.269. The molecule has 0 saturated heterocycles. The van der Waals surface area contributed by atoms with Crippen molar-refractivity contribution in [3.63, 3.8) is 0 Å². The zero-order chi connectivity index (χ0) is 18.9. The Morgan fingerprint density at radius 1 is 1.04 bits per heavy atom. The fourth-order valence-electron chi connectivity index (χ4n) is 2.38. The largest absolute Gasteiger partial charge is 0.490 e. The van der Waals surface area contributed by atoms with Crippen LogP contribution in [-0.2, 0) is 6.61 Å². The quantitative estimate of drug-likeness (QED) is 0.432. The van der Waals surface area contributed by atoms with Crippen LogP contribution in [0.4, 0.5) is 5.82 Å². The number of nitrogens with zero attached hydrogens (tertiary/aromatic N) is 2. The van der Waals surface area contributed by atoms with Crippen molar-refractivity contribution in [2.45, 2.75) is 13.5 Å². The van der Waals surface area contributed by atoms with Crippen molar-refractivity contribution < 1.29 is 9.47 Å². The summed E-state index contributed by atoms with van der Waals surface area (Å²) in [4.78, 5) is 4.15. The van der Waals surface area contributed by atoms with E-state index in [1.807, 2.05) is 67.6 Å². The van der Waals surface area contributed by atoms with Crippen LogP contribution in [0.2, 0.25) is 5.02 Å². The molecule has 1 N–H and O–H groups in total. The number of hydrogen-bond acceptors (Lipinski definition) is 5. The van der Waals surface area contributed by atoms with Gasteiger partial charge in [0.1, 0.15) is 12.4 Å². The summed E-state index contributed by atoms with van der Waals surface area (Å²) in [5.74, 6) is 2.02. The first-order chi connectivity index (χ1) is 13.2. The second-order valence-electron chi connectivity index (χ2n) is 5.64. The molecule has 6 heteroatoms. The first-order valence-corrected chi connectivity index (χ1v) is 8.96. The third-order valence-electron chi connectivity index (χ3n) is 3.61. The van der Waals surface area contributed by atoms with Crippen molar-refractivity contribution in [1.82, 2.24) is 4.98 Å². The van der Waals surface area contributed by atoms with Crippen LogP contribution < -0.4 is 14.9 Å². The highest BCUT2D eigenvalue weighted by Crippen LogP contribution is 2.29. The molecule has 1 heterocycles. The molecule has 0 unspecified atom stereocenters. The van der Waals surface area contributed by atoms with Crippen molar-refractivity contribution in [3.8, 4) is 11.5 Å². The molecule has 3 aromatic rings. The Hall–Kier alpha value is -3.05. The molecule has 0 atom stereocenters. The minimum atomic E-state index is 0.412. The summed E-state index contributed by atoms with van der Waals surface area (Å²) in [5.41, 5.74) is 4.77. The number of benzene rings is 2. The van der Waals surface area contributed by atoms with Gasteiger partial charge in [0.2, 0.25) is 0 Å². The standard InChI is InChI=1S/C21H20ClN3O2/c1-2-26-20-13-16(14-24-25-21-8-3-4-11-23-21)9-10-19(20)27-15-17-6-5-7-18(22)12-17/h3-14H,2,15H2,1H3,(H,23,25)/b24-14+. The fourth-order valence-corrected chi connectivity index (χ4v) is 2.60. The van der Waals surface area contributed by atoms with E-state index < -0.39 is 0 Å². The average molecular weight is 382 g/mol. The van der Waals surface area contributed by atoms with Crippen molar-refractivity contribution >= 4 is 23.6 Å². The molecule has 2 aromatic carbocycles. The van der Waals surface area contributed by atoms with Crippen LogP contribution >= 0.6 is 11.6 Å². The van der Waals surface area contributed by atoms with Gasteiger partial charge in [-0.2, -0.15) is 5.10 Å². The van der Waals surface area contributed by atoms with Crippen LogP contribution in [0.3, 0.4) is 0 Å². The fraction of sp³-hybridized carbons (Fsp3) is 0.143. The smallest absolute Gasteiger partial charge is 0.161 e. The van der Waals surface area contributed by atoms with E-state index in [0.29, 0.717) is 35.6 Å². The maximum absolute atomic E-state index is 6.02. The van der Waals surface area contributed by atoms with Crippen LogP contribution in [0.1, 0.15) is 18.1 Å². The number of nitrogens with one attached hydrogen (secondary N) is 1. The zero-order valence-electron chi connectivity index (χ0n) is 14.9. The summed E-state index contributed by atoms with van der Waals surface area (Å²) < 4.78 is 11.6. The molecule has 0 fully saturated rings. The summed E-state index contributed by atoms with van der Waals surface area (Å²) >= 11 is 6.02. The molecule has 0 aliphatic rings. The monoisotopic (exact) mass is 381 g/mol. The molecular formula is C21H20ClN3O2. The molecule has 27 heavy (non-hydrogen) atoms. The van der Waals surface area contributed by atoms with E-state index in [0.717, 1.165) is 11.1 Å². The summed E-state index contributed by atoms with van der Waals surface area (Å²) in [7, 11) is 0. The number of ether oxygens (including phenoxy) is 2. The molecule has 5 nitrogen and oxygen atoms in total. The van der Waals surface area contributed by atoms with E-state index in [9.17, 15) is 0 Å². The molecule has 0 amide bonds. The normalized spacial score (nSPS) is 10.7. The predicted molar refractivity (Wildman–Crippen MR) is 109 cm³/mol. The summed E-state index contributed by atoms with van der Waals surface area (Å²) in [5, 5.41) is 4.89. The average Bonchev–Trinajstić information content (AvgIpc) is 2.68. The zero-order valence-corrected chi connectivity index (χ0v) is 15.7. The van der Waals surface area contributed by atoms with Gasteiger partial charge in [-0.1, -0.05) is 29.8 Å². The number of hydrazone groups is 1. The predicted octanol–water partition coefficient (Wildman–Crippen LogP) is 5.16. The third kappa shape index (κ3) is 5.72. The maximum Gasteiger partial charge on any atom is 0.161 e. The highest BCUT2D eigenvalue weighted by Gasteiger charge is 2.07. The van der Waals surface area contributed by atoms with Crippen LogP contribution in [0, 0.1) is 0 Å². The number of pyridine rings is 1. The van der Waals surface area contributed by atoms with Gasteiger partial charge in [0.05, 0.1) is 12.8 Å². The molecule has 1 aromatic heterocycles. The van der Waals surface area contributed by atoms with E-state index in [1.54, 1.807) is 12.4 Å². The van der Waals surface area contributed by atoms with E-state index >= 15 is 0 Å². The van der Waals surface area contributed by atoms with E-state index in [4.69, 9.17) is 21.1 Å². The van der Waals surface area contributed by atoms with Crippen LogP contribution in [0.25, 0.3) is 0 Å². The Bertz CT molecular complexity index is 901. The molecule has 0 bridgehead atoms. The Balaban J connectivity index is 1.68. The Labute approximate surface area is 163 Å². The first-order valence-electron chi connectivity index (χ1n) is 8.59. The molecule has 0 saturated carbocycles. The van der Waals surface area contributed by atoms with Gasteiger partial charge in [-0.25, -0.2) is 4.98 Å². The molecule has 138 valence electrons. The minimum Gasteiger partial charge on any atom is -0.490 e. The SMILES string of the molecule is CCOc1cc(/C=N/Nc2ccccn2)ccc1OCc1cccc(Cl)c1. The Morgan fingerprint density at radius 2 is 1.96 bits per heavy atom. The lowest BCUT2D eigenvalue weighted by Gasteiger charge is -2.12. The molecule has 3 rings (SSSR count). The van der Waals surface area contributed by atoms with Gasteiger partial charge in [0, 0.05) is 11.2 Å². The summed E-state index contributed by atoms with van der Waals surface area (Å²) in [6.45, 7) is 2.89. The molecule has 0 radical (unpaired) electrons. The van der Waals surface area contributed by atoms with Gasteiger partial charge < -0.3 is 9.47 Å². The summed E-state index contributed by atoms with van der Waals surface area (Å²) in [6.07, 6.45) is 3.41. The number of hydrogen-bond donors (Lipinski definition) is 1. The Kier molecular flexibility index (Phi) is 6.66. The van der Waals surface area contributed by atoms with Gasteiger partial charge in [-0.3, -0.25) is 5.43 Å². The number of aromatic nitrogens is 1. The van der Waals surface area contributed by atoms with Gasteiger partial charge >= 0.3 is 0 Å². The van der Waals surface area contributed by atoms with Crippen molar-refractivity contribution in [2.24, 2.45) is 5.10 Å². The van der Waals surface area contributed by atoms with Crippen LogP contribution in [-0.4, -0.2) is 17.8 Å². The lowest BCUT2D eigenvalue weighted by Crippen LogP contribution is -2.01. The summed E-state index contributed by atoms with van der Waals surface area (Å²) in [6, 6.07) is 18.9. The van der Waals surface area contributed by atoms with Crippen molar-refractivity contribution in [3.05, 3.63) is 83.0 Å². The highest BCUT2D eigenvalue weighted by atomic mass is 35.5. The topological polar surface area (TPSA) is 55.7 Å². The van der Waals surface area contributed by atoms with Gasteiger partial charge in [0.25, 0.3) is 0 Å². The number of rotatable bonds is 8.